The van der Waals surface area contributed by atoms with Crippen molar-refractivity contribution in [3.05, 3.63) is 35.4 Å². The predicted octanol–water partition coefficient (Wildman–Crippen LogP) is 2.70. The van der Waals surface area contributed by atoms with E-state index in [-0.39, 0.29) is 19.6 Å². The van der Waals surface area contributed by atoms with Gasteiger partial charge in [-0.3, -0.25) is 0 Å². The summed E-state index contributed by atoms with van der Waals surface area (Å²) in [6, 6.07) is 7.76. The van der Waals surface area contributed by atoms with E-state index >= 15 is 0 Å². The number of unbranched alkanes of at least 4 members (excludes halogenated alkanes) is 5. The Balaban J connectivity index is 2.49. The van der Waals surface area contributed by atoms with E-state index in [0.717, 1.165) is 6.42 Å². The molecule has 0 amide bonds. The zero-order valence-corrected chi connectivity index (χ0v) is 14.4. The second kappa shape index (κ2) is 10.8. The molecule has 0 spiro atoms. The fourth-order valence-electron chi connectivity index (χ4n) is 2.82. The minimum atomic E-state index is -1.20. The number of hydrogen-bond acceptors (Lipinski definition) is 4. The van der Waals surface area contributed by atoms with Crippen LogP contribution in [0, 0.1) is 0 Å². The minimum Gasteiger partial charge on any atom is -0.396 e. The summed E-state index contributed by atoms with van der Waals surface area (Å²) in [7, 11) is 0. The summed E-state index contributed by atoms with van der Waals surface area (Å²) in [5.41, 5.74) is 6.74. The van der Waals surface area contributed by atoms with Gasteiger partial charge in [0.1, 0.15) is 0 Å². The van der Waals surface area contributed by atoms with Crippen molar-refractivity contribution in [2.24, 2.45) is 5.73 Å². The Morgan fingerprint density at radius 2 is 1.61 bits per heavy atom. The smallest absolute Gasteiger partial charge is 0.0992 e. The zero-order valence-electron chi connectivity index (χ0n) is 14.4. The van der Waals surface area contributed by atoms with Gasteiger partial charge in [0, 0.05) is 6.61 Å². The molecule has 4 heteroatoms. The van der Waals surface area contributed by atoms with Crippen LogP contribution in [0.25, 0.3) is 0 Å². The molecule has 1 aromatic carbocycles. The highest BCUT2D eigenvalue weighted by Crippen LogP contribution is 2.27. The molecule has 4 nitrogen and oxygen atoms in total. The van der Waals surface area contributed by atoms with Crippen LogP contribution in [-0.2, 0) is 6.42 Å². The molecule has 1 aromatic rings. The molecule has 0 radical (unpaired) electrons. The number of aliphatic hydroxyl groups excluding tert-OH is 3. The average molecular weight is 323 g/mol. The Morgan fingerprint density at radius 3 is 2.17 bits per heavy atom. The predicted molar refractivity (Wildman–Crippen MR) is 94.2 cm³/mol. The molecule has 0 bridgehead atoms. The number of aryl methyl sites for hydroxylation is 1. The van der Waals surface area contributed by atoms with Crippen molar-refractivity contribution in [3.8, 4) is 0 Å². The maximum Gasteiger partial charge on any atom is 0.0992 e. The lowest BCUT2D eigenvalue weighted by Crippen LogP contribution is -2.50. The van der Waals surface area contributed by atoms with Crippen molar-refractivity contribution in [3.63, 3.8) is 0 Å². The van der Waals surface area contributed by atoms with Crippen LogP contribution in [0.15, 0.2) is 24.3 Å². The fourth-order valence-corrected chi connectivity index (χ4v) is 2.82. The quantitative estimate of drug-likeness (QED) is 0.445. The van der Waals surface area contributed by atoms with Gasteiger partial charge in [-0.2, -0.15) is 0 Å². The van der Waals surface area contributed by atoms with Crippen molar-refractivity contribution in [2.75, 3.05) is 13.2 Å². The molecule has 2 atom stereocenters. The van der Waals surface area contributed by atoms with Gasteiger partial charge in [0.25, 0.3) is 0 Å². The first-order valence-electron chi connectivity index (χ1n) is 8.85. The molecule has 0 saturated heterocycles. The van der Waals surface area contributed by atoms with E-state index in [2.05, 4.69) is 6.92 Å². The molecule has 0 aliphatic heterocycles. The molecule has 132 valence electrons. The van der Waals surface area contributed by atoms with Gasteiger partial charge in [0.05, 0.1) is 18.2 Å². The fraction of sp³-hybridized carbons (Fsp3) is 0.684. The molecule has 2 unspecified atom stereocenters. The lowest BCUT2D eigenvalue weighted by Gasteiger charge is -2.32. The van der Waals surface area contributed by atoms with Gasteiger partial charge in [-0.05, 0) is 30.4 Å². The minimum absolute atomic E-state index is 0.157. The molecular weight excluding hydrogens is 290 g/mol. The van der Waals surface area contributed by atoms with Crippen LogP contribution in [0.4, 0.5) is 0 Å². The number of benzene rings is 1. The van der Waals surface area contributed by atoms with Gasteiger partial charge < -0.3 is 21.1 Å². The molecule has 0 aromatic heterocycles. The van der Waals surface area contributed by atoms with Gasteiger partial charge in [-0.25, -0.2) is 0 Å². The Bertz CT molecular complexity index is 421. The molecule has 23 heavy (non-hydrogen) atoms. The second-order valence-corrected chi connectivity index (χ2v) is 6.53. The highest BCUT2D eigenvalue weighted by molar-refractivity contribution is 5.26. The number of hydrogen-bond donors (Lipinski definition) is 4. The van der Waals surface area contributed by atoms with Crippen LogP contribution >= 0.6 is 0 Å². The first kappa shape index (κ1) is 20.1. The molecule has 5 N–H and O–H groups in total. The largest absolute Gasteiger partial charge is 0.396 e. The number of aliphatic hydroxyl groups is 3. The summed E-state index contributed by atoms with van der Waals surface area (Å²) in [6.07, 6.45) is 7.90. The third-order valence-electron chi connectivity index (χ3n) is 4.53. The lowest BCUT2D eigenvalue weighted by molar-refractivity contribution is 0.0264. The standard InChI is InChI=1S/C19H33NO3/c1-2-3-4-5-6-7-8-16-9-11-17(12-10-16)18(23)19(20,15-22)13-14-21/h9-12,18,21-23H,2-8,13-15,20H2,1H3. The van der Waals surface area contributed by atoms with Crippen LogP contribution in [0.3, 0.4) is 0 Å². The first-order valence-corrected chi connectivity index (χ1v) is 8.85. The van der Waals surface area contributed by atoms with Crippen molar-refractivity contribution in [1.29, 1.82) is 0 Å². The Hall–Kier alpha value is -0.940. The van der Waals surface area contributed by atoms with E-state index in [1.54, 1.807) is 0 Å². The third kappa shape index (κ3) is 6.60. The summed E-state index contributed by atoms with van der Waals surface area (Å²) in [5, 5.41) is 28.8. The van der Waals surface area contributed by atoms with Crippen LogP contribution in [0.2, 0.25) is 0 Å². The van der Waals surface area contributed by atoms with Gasteiger partial charge in [-0.1, -0.05) is 63.3 Å². The SMILES string of the molecule is CCCCCCCCc1ccc(C(O)C(N)(CO)CCO)cc1. The van der Waals surface area contributed by atoms with Gasteiger partial charge in [0.2, 0.25) is 0 Å². The molecule has 0 saturated carbocycles. The van der Waals surface area contributed by atoms with Crippen LogP contribution in [-0.4, -0.2) is 34.1 Å². The van der Waals surface area contributed by atoms with E-state index in [0.29, 0.717) is 5.56 Å². The summed E-state index contributed by atoms with van der Waals surface area (Å²) in [4.78, 5) is 0. The van der Waals surface area contributed by atoms with E-state index < -0.39 is 11.6 Å². The number of rotatable bonds is 12. The van der Waals surface area contributed by atoms with E-state index in [1.807, 2.05) is 24.3 Å². The summed E-state index contributed by atoms with van der Waals surface area (Å²) >= 11 is 0. The molecule has 0 heterocycles. The number of nitrogens with two attached hydrogens (primary N) is 1. The highest BCUT2D eigenvalue weighted by atomic mass is 16.3. The van der Waals surface area contributed by atoms with E-state index in [1.165, 1.54) is 44.1 Å². The second-order valence-electron chi connectivity index (χ2n) is 6.53. The first-order chi connectivity index (χ1) is 11.1. The molecule has 0 fully saturated rings. The third-order valence-corrected chi connectivity index (χ3v) is 4.53. The van der Waals surface area contributed by atoms with Gasteiger partial charge in [-0.15, -0.1) is 0 Å². The summed E-state index contributed by atoms with van der Waals surface area (Å²) in [5.74, 6) is 0. The van der Waals surface area contributed by atoms with Gasteiger partial charge in [0.15, 0.2) is 0 Å². The maximum absolute atomic E-state index is 10.4. The van der Waals surface area contributed by atoms with Crippen molar-refractivity contribution >= 4 is 0 Å². The van der Waals surface area contributed by atoms with Crippen molar-refractivity contribution < 1.29 is 15.3 Å². The topological polar surface area (TPSA) is 86.7 Å². The zero-order chi connectivity index (χ0) is 17.1. The molecule has 0 aliphatic rings. The van der Waals surface area contributed by atoms with Crippen LogP contribution < -0.4 is 5.73 Å². The Morgan fingerprint density at radius 1 is 1.00 bits per heavy atom. The van der Waals surface area contributed by atoms with E-state index in [9.17, 15) is 10.2 Å². The highest BCUT2D eigenvalue weighted by Gasteiger charge is 2.33. The Kier molecular flexibility index (Phi) is 9.41. The van der Waals surface area contributed by atoms with Crippen LogP contribution in [0.1, 0.15) is 69.1 Å². The normalized spacial score (nSPS) is 15.3. The molecule has 0 aliphatic carbocycles. The maximum atomic E-state index is 10.4. The van der Waals surface area contributed by atoms with E-state index in [4.69, 9.17) is 10.8 Å². The van der Waals surface area contributed by atoms with Crippen molar-refractivity contribution in [2.45, 2.75) is 69.9 Å². The molecule has 1 rings (SSSR count). The van der Waals surface area contributed by atoms with Crippen LogP contribution in [0.5, 0.6) is 0 Å². The Labute approximate surface area is 140 Å². The molecular formula is C19H33NO3. The summed E-state index contributed by atoms with van der Waals surface area (Å²) in [6.45, 7) is 1.70. The van der Waals surface area contributed by atoms with Gasteiger partial charge >= 0.3 is 0 Å². The van der Waals surface area contributed by atoms with Crippen molar-refractivity contribution in [1.82, 2.24) is 0 Å². The average Bonchev–Trinajstić information content (AvgIpc) is 2.58. The monoisotopic (exact) mass is 323 g/mol. The lowest BCUT2D eigenvalue weighted by atomic mass is 9.86. The summed E-state index contributed by atoms with van der Waals surface area (Å²) < 4.78 is 0.